The second-order valence-corrected chi connectivity index (χ2v) is 7.63. The quantitative estimate of drug-likeness (QED) is 0.436. The third-order valence-electron chi connectivity index (χ3n) is 4.67. The number of hydrogen-bond donors (Lipinski definition) is 1. The van der Waals surface area contributed by atoms with Crippen molar-refractivity contribution in [3.63, 3.8) is 0 Å². The van der Waals surface area contributed by atoms with E-state index in [-0.39, 0.29) is 24.3 Å². The lowest BCUT2D eigenvalue weighted by Gasteiger charge is -2.21. The summed E-state index contributed by atoms with van der Waals surface area (Å²) in [6.45, 7) is 7.31. The van der Waals surface area contributed by atoms with Gasteiger partial charge >= 0.3 is 0 Å². The van der Waals surface area contributed by atoms with Gasteiger partial charge in [0.1, 0.15) is 12.2 Å². The normalized spacial score (nSPS) is 21.2. The van der Waals surface area contributed by atoms with E-state index in [0.717, 1.165) is 10.9 Å². The minimum absolute atomic E-state index is 0.158. The molecule has 138 valence electrons. The van der Waals surface area contributed by atoms with Gasteiger partial charge in [0.05, 0.1) is 13.2 Å². The maximum atomic E-state index is 5.88. The fourth-order valence-corrected chi connectivity index (χ4v) is 3.42. The summed E-state index contributed by atoms with van der Waals surface area (Å²) < 4.78 is 12.8. The van der Waals surface area contributed by atoms with Gasteiger partial charge in [0.15, 0.2) is 0 Å². The summed E-state index contributed by atoms with van der Waals surface area (Å²) in [5.41, 5.74) is 2.45. The number of benzene rings is 2. The fourth-order valence-electron chi connectivity index (χ4n) is 3.15. The maximum absolute atomic E-state index is 5.88. The SMILES string of the molecule is C=CC[C@H](N[C@@H](C)c1ccccc1)[C@H]1O[C@H]1COCc1ccc(Br)cc1. The first-order valence-electron chi connectivity index (χ1n) is 9.07. The Hall–Kier alpha value is -1.46. The summed E-state index contributed by atoms with van der Waals surface area (Å²) in [6.07, 6.45) is 3.18. The van der Waals surface area contributed by atoms with Gasteiger partial charge in [0, 0.05) is 16.6 Å². The van der Waals surface area contributed by atoms with Gasteiger partial charge in [-0.15, -0.1) is 6.58 Å². The van der Waals surface area contributed by atoms with Crippen LogP contribution in [0.15, 0.2) is 71.7 Å². The molecule has 0 saturated carbocycles. The molecule has 1 saturated heterocycles. The molecule has 0 radical (unpaired) electrons. The molecule has 3 nitrogen and oxygen atoms in total. The molecule has 0 bridgehead atoms. The van der Waals surface area contributed by atoms with E-state index >= 15 is 0 Å². The number of epoxide rings is 1. The minimum Gasteiger partial charge on any atom is -0.374 e. The Morgan fingerprint density at radius 3 is 2.62 bits per heavy atom. The van der Waals surface area contributed by atoms with E-state index in [1.165, 1.54) is 11.1 Å². The molecule has 1 aliphatic rings. The Kier molecular flexibility index (Phi) is 7.03. The topological polar surface area (TPSA) is 33.8 Å². The molecule has 0 unspecified atom stereocenters. The van der Waals surface area contributed by atoms with Gasteiger partial charge < -0.3 is 14.8 Å². The summed E-state index contributed by atoms with van der Waals surface area (Å²) in [6, 6.07) is 19.2. The van der Waals surface area contributed by atoms with Crippen LogP contribution in [0, 0.1) is 0 Å². The van der Waals surface area contributed by atoms with Crippen molar-refractivity contribution in [3.05, 3.63) is 82.9 Å². The largest absolute Gasteiger partial charge is 0.374 e. The van der Waals surface area contributed by atoms with E-state index < -0.39 is 0 Å². The molecular weight excluding hydrogens is 390 g/mol. The molecular formula is C22H26BrNO2. The van der Waals surface area contributed by atoms with Crippen LogP contribution in [0.25, 0.3) is 0 Å². The molecule has 1 aliphatic heterocycles. The van der Waals surface area contributed by atoms with Crippen LogP contribution in [0.4, 0.5) is 0 Å². The Morgan fingerprint density at radius 1 is 1.19 bits per heavy atom. The van der Waals surface area contributed by atoms with Crippen LogP contribution in [0.5, 0.6) is 0 Å². The summed E-state index contributed by atoms with van der Waals surface area (Å²) in [7, 11) is 0. The van der Waals surface area contributed by atoms with E-state index in [0.29, 0.717) is 13.2 Å². The van der Waals surface area contributed by atoms with Gasteiger partial charge in [0.2, 0.25) is 0 Å². The van der Waals surface area contributed by atoms with E-state index in [1.54, 1.807) is 0 Å². The molecule has 4 atom stereocenters. The average Bonchev–Trinajstić information content (AvgIpc) is 3.43. The zero-order valence-electron chi connectivity index (χ0n) is 15.1. The zero-order chi connectivity index (χ0) is 18.4. The third-order valence-corrected chi connectivity index (χ3v) is 5.20. The van der Waals surface area contributed by atoms with E-state index in [1.807, 2.05) is 24.3 Å². The minimum atomic E-state index is 0.158. The first kappa shape index (κ1) is 19.3. The summed E-state index contributed by atoms with van der Waals surface area (Å²) >= 11 is 3.45. The second kappa shape index (κ2) is 9.47. The summed E-state index contributed by atoms with van der Waals surface area (Å²) in [5, 5.41) is 3.68. The maximum Gasteiger partial charge on any atom is 0.109 e. The van der Waals surface area contributed by atoms with Gasteiger partial charge in [-0.2, -0.15) is 0 Å². The molecule has 0 spiro atoms. The number of halogens is 1. The average molecular weight is 416 g/mol. The first-order valence-corrected chi connectivity index (χ1v) is 9.86. The van der Waals surface area contributed by atoms with E-state index in [4.69, 9.17) is 9.47 Å². The number of ether oxygens (including phenoxy) is 2. The lowest BCUT2D eigenvalue weighted by molar-refractivity contribution is 0.104. The van der Waals surface area contributed by atoms with Crippen LogP contribution in [-0.4, -0.2) is 24.9 Å². The van der Waals surface area contributed by atoms with Gasteiger partial charge in [-0.05, 0) is 36.6 Å². The lowest BCUT2D eigenvalue weighted by atomic mass is 10.0. The third kappa shape index (κ3) is 5.52. The Balaban J connectivity index is 1.46. The smallest absolute Gasteiger partial charge is 0.109 e. The monoisotopic (exact) mass is 415 g/mol. The molecule has 26 heavy (non-hydrogen) atoms. The lowest BCUT2D eigenvalue weighted by Crippen LogP contribution is -2.37. The zero-order valence-corrected chi connectivity index (χ0v) is 16.7. The molecule has 1 fully saturated rings. The van der Waals surface area contributed by atoms with Crippen molar-refractivity contribution in [1.29, 1.82) is 0 Å². The predicted molar refractivity (Wildman–Crippen MR) is 109 cm³/mol. The fraction of sp³-hybridized carbons (Fsp3) is 0.364. The Morgan fingerprint density at radius 2 is 1.92 bits per heavy atom. The molecule has 2 aromatic rings. The Labute approximate surface area is 164 Å². The van der Waals surface area contributed by atoms with Crippen molar-refractivity contribution in [2.75, 3.05) is 6.61 Å². The predicted octanol–water partition coefficient (Wildman–Crippen LogP) is 5.03. The molecule has 3 rings (SSSR count). The van der Waals surface area contributed by atoms with Crippen LogP contribution in [-0.2, 0) is 16.1 Å². The van der Waals surface area contributed by atoms with E-state index in [2.05, 4.69) is 71.1 Å². The van der Waals surface area contributed by atoms with Crippen molar-refractivity contribution in [1.82, 2.24) is 5.32 Å². The summed E-state index contributed by atoms with van der Waals surface area (Å²) in [4.78, 5) is 0. The molecule has 1 heterocycles. The molecule has 4 heteroatoms. The van der Waals surface area contributed by atoms with Crippen LogP contribution in [0.3, 0.4) is 0 Å². The van der Waals surface area contributed by atoms with Crippen molar-refractivity contribution in [3.8, 4) is 0 Å². The van der Waals surface area contributed by atoms with E-state index in [9.17, 15) is 0 Å². The van der Waals surface area contributed by atoms with Crippen LogP contribution >= 0.6 is 15.9 Å². The van der Waals surface area contributed by atoms with Crippen LogP contribution < -0.4 is 5.32 Å². The standard InChI is InChI=1S/C22H26BrNO2/c1-3-7-20(24-16(2)18-8-5-4-6-9-18)22-21(26-22)15-25-14-17-10-12-19(23)13-11-17/h3-6,8-13,16,20-22,24H,1,7,14-15H2,2H3/t16-,20-,21-,22+/m0/s1. The van der Waals surface area contributed by atoms with Gasteiger partial charge in [0.25, 0.3) is 0 Å². The van der Waals surface area contributed by atoms with Crippen molar-refractivity contribution in [2.45, 2.75) is 44.2 Å². The first-order chi connectivity index (χ1) is 12.7. The second-order valence-electron chi connectivity index (χ2n) is 6.71. The number of rotatable bonds is 10. The van der Waals surface area contributed by atoms with Crippen molar-refractivity contribution in [2.24, 2.45) is 0 Å². The highest BCUT2D eigenvalue weighted by molar-refractivity contribution is 9.10. The molecule has 2 aromatic carbocycles. The summed E-state index contributed by atoms with van der Waals surface area (Å²) in [5.74, 6) is 0. The molecule has 0 aromatic heterocycles. The Bertz CT molecular complexity index is 689. The molecule has 0 aliphatic carbocycles. The highest BCUT2D eigenvalue weighted by Crippen LogP contribution is 2.29. The van der Waals surface area contributed by atoms with Gasteiger partial charge in [-0.1, -0.05) is 64.5 Å². The van der Waals surface area contributed by atoms with Crippen molar-refractivity contribution < 1.29 is 9.47 Å². The highest BCUT2D eigenvalue weighted by atomic mass is 79.9. The van der Waals surface area contributed by atoms with Crippen molar-refractivity contribution >= 4 is 15.9 Å². The molecule has 1 N–H and O–H groups in total. The number of hydrogen-bond acceptors (Lipinski definition) is 3. The van der Waals surface area contributed by atoms with Gasteiger partial charge in [-0.3, -0.25) is 0 Å². The van der Waals surface area contributed by atoms with Gasteiger partial charge in [-0.25, -0.2) is 0 Å². The number of nitrogens with one attached hydrogen (secondary N) is 1. The highest BCUT2D eigenvalue weighted by Gasteiger charge is 2.44. The molecule has 0 amide bonds. The van der Waals surface area contributed by atoms with Crippen LogP contribution in [0.1, 0.15) is 30.5 Å². The van der Waals surface area contributed by atoms with Crippen LogP contribution in [0.2, 0.25) is 0 Å².